The van der Waals surface area contributed by atoms with Crippen molar-refractivity contribution in [1.82, 2.24) is 4.57 Å². The number of fused-ring (bicyclic) bond motifs is 2. The Hall–Kier alpha value is -4.08. The molecule has 36 heavy (non-hydrogen) atoms. The zero-order valence-corrected chi connectivity index (χ0v) is 21.4. The van der Waals surface area contributed by atoms with Crippen molar-refractivity contribution in [2.24, 2.45) is 0 Å². The Balaban J connectivity index is 0.000000255. The summed E-state index contributed by atoms with van der Waals surface area (Å²) < 4.78 is 11.9. The molecule has 0 radical (unpaired) electrons. The van der Waals surface area contributed by atoms with E-state index in [0.29, 0.717) is 17.7 Å². The molecule has 3 aromatic rings. The second-order valence-corrected chi connectivity index (χ2v) is 10.4. The van der Waals surface area contributed by atoms with E-state index in [-0.39, 0.29) is 13.2 Å². The van der Waals surface area contributed by atoms with Crippen LogP contribution >= 0.6 is 0 Å². The lowest BCUT2D eigenvalue weighted by Crippen LogP contribution is -2.35. The van der Waals surface area contributed by atoms with E-state index in [9.17, 15) is 19.7 Å². The van der Waals surface area contributed by atoms with Crippen LogP contribution in [-0.4, -0.2) is 39.4 Å². The number of non-ortho nitro benzene ring substituents is 1. The number of carbonyl (C=O) groups is 2. The van der Waals surface area contributed by atoms with Gasteiger partial charge in [-0.25, -0.2) is 9.59 Å². The second-order valence-electron chi connectivity index (χ2n) is 10.4. The highest BCUT2D eigenvalue weighted by Gasteiger charge is 2.28. The van der Waals surface area contributed by atoms with Gasteiger partial charge in [0.15, 0.2) is 0 Å². The number of nitro groups is 1. The minimum absolute atomic E-state index is 0. The molecule has 0 bridgehead atoms. The molecule has 0 spiro atoms. The van der Waals surface area contributed by atoms with Crippen LogP contribution in [0.2, 0.25) is 0 Å². The maximum atomic E-state index is 12.0. The highest BCUT2D eigenvalue weighted by Crippen LogP contribution is 2.31. The summed E-state index contributed by atoms with van der Waals surface area (Å²) >= 11 is 0. The van der Waals surface area contributed by atoms with Gasteiger partial charge in [0.1, 0.15) is 11.2 Å². The number of benzene rings is 2. The van der Waals surface area contributed by atoms with Crippen molar-refractivity contribution in [3.05, 3.63) is 64.3 Å². The van der Waals surface area contributed by atoms with E-state index in [1.165, 1.54) is 16.7 Å². The summed E-state index contributed by atoms with van der Waals surface area (Å²) in [4.78, 5) is 35.9. The van der Waals surface area contributed by atoms with Gasteiger partial charge in [-0.05, 0) is 77.8 Å². The number of carbonyl (C=O) groups excluding carboxylic acids is 2. The van der Waals surface area contributed by atoms with Gasteiger partial charge in [-0.2, -0.15) is 0 Å². The van der Waals surface area contributed by atoms with Gasteiger partial charge in [-0.15, -0.1) is 0 Å². The van der Waals surface area contributed by atoms with Crippen molar-refractivity contribution in [3.63, 3.8) is 0 Å². The van der Waals surface area contributed by atoms with E-state index in [2.05, 4.69) is 0 Å². The van der Waals surface area contributed by atoms with Crippen LogP contribution in [-0.2, 0) is 15.9 Å². The molecule has 2 aromatic carbocycles. The fraction of sp³-hybridized carbons (Fsp3) is 0.385. The number of ether oxygens (including phenoxy) is 2. The molecule has 0 atom stereocenters. The highest BCUT2D eigenvalue weighted by molar-refractivity contribution is 5.92. The molecule has 0 saturated heterocycles. The lowest BCUT2D eigenvalue weighted by molar-refractivity contribution is -0.384. The first-order valence-corrected chi connectivity index (χ1v) is 11.5. The first-order valence-electron chi connectivity index (χ1n) is 11.5. The first-order chi connectivity index (χ1) is 16.6. The van der Waals surface area contributed by atoms with Gasteiger partial charge in [-0.1, -0.05) is 6.07 Å². The molecule has 2 N–H and O–H groups in total. The van der Waals surface area contributed by atoms with Crippen LogP contribution in [0.25, 0.3) is 10.9 Å². The van der Waals surface area contributed by atoms with Crippen molar-refractivity contribution >= 4 is 40.2 Å². The summed E-state index contributed by atoms with van der Waals surface area (Å²) in [6.45, 7) is 11.5. The molecule has 0 aliphatic carbocycles. The zero-order valence-electron chi connectivity index (χ0n) is 21.4. The number of hydrogen-bond donors (Lipinski definition) is 1. The minimum atomic E-state index is -0.617. The normalized spacial score (nSPS) is 13.0. The largest absolute Gasteiger partial charge is 0.443 e. The third-order valence-corrected chi connectivity index (χ3v) is 5.10. The second kappa shape index (κ2) is 9.88. The Kier molecular flexibility index (Phi) is 7.28. The van der Waals surface area contributed by atoms with Crippen LogP contribution in [0.3, 0.4) is 0 Å². The fourth-order valence-electron chi connectivity index (χ4n) is 3.60. The Morgan fingerprint density at radius 1 is 0.972 bits per heavy atom. The first kappa shape index (κ1) is 26.5. The van der Waals surface area contributed by atoms with E-state index in [1.54, 1.807) is 44.0 Å². The molecule has 1 aliphatic heterocycles. The quantitative estimate of drug-likeness (QED) is 0.242. The Morgan fingerprint density at radius 2 is 1.61 bits per heavy atom. The average Bonchev–Trinajstić information content (AvgIpc) is 3.35. The lowest BCUT2D eigenvalue weighted by atomic mass is 10.1. The molecule has 10 nitrogen and oxygen atoms in total. The van der Waals surface area contributed by atoms with Crippen LogP contribution in [0, 0.1) is 10.1 Å². The number of hydrogen-bond acceptors (Lipinski definition) is 7. The van der Waals surface area contributed by atoms with Gasteiger partial charge in [0.05, 0.1) is 16.1 Å². The summed E-state index contributed by atoms with van der Waals surface area (Å²) in [6.07, 6.45) is 1.54. The molecule has 0 saturated carbocycles. The van der Waals surface area contributed by atoms with Gasteiger partial charge in [0, 0.05) is 37.4 Å². The Morgan fingerprint density at radius 3 is 2.22 bits per heavy atom. The Bertz CT molecular complexity index is 1310. The molecule has 1 aromatic heterocycles. The number of aromatic nitrogens is 1. The number of nitrogens with zero attached hydrogens (tertiary/aromatic N) is 3. The number of nitrogens with two attached hydrogens (primary N) is 1. The Labute approximate surface area is 211 Å². The predicted octanol–water partition coefficient (Wildman–Crippen LogP) is 6.15. The molecule has 1 amide bonds. The van der Waals surface area contributed by atoms with E-state index in [4.69, 9.17) is 15.2 Å². The molecule has 0 fully saturated rings. The van der Waals surface area contributed by atoms with E-state index >= 15 is 0 Å². The number of rotatable bonds is 1. The van der Waals surface area contributed by atoms with Crippen molar-refractivity contribution < 1.29 is 25.4 Å². The third kappa shape index (κ3) is 6.53. The maximum absolute atomic E-state index is 12.0. The highest BCUT2D eigenvalue weighted by atomic mass is 16.6. The van der Waals surface area contributed by atoms with E-state index < -0.39 is 22.2 Å². The molecule has 0 unspecified atom stereocenters. The smallest absolute Gasteiger partial charge is 0.418 e. The molecule has 194 valence electrons. The topological polar surface area (TPSA) is 130 Å². The standard InChI is InChI=1S/C13H14N2O4.C13H18N2O2.H2/c1-13(2,3)19-12(16)14-7-6-9-4-5-10(15(17)18)8-11(9)14;1-13(2,3)17-12(16)15-7-6-9-4-5-10(14)8-11(9)15;/h4-8H,1-3H3;4-5,8H,6-7,14H2,1-3H3;1H. The number of nitrogen functional groups attached to an aromatic ring is 1. The number of nitro benzene ring substituents is 1. The van der Waals surface area contributed by atoms with E-state index in [1.807, 2.05) is 39.0 Å². The van der Waals surface area contributed by atoms with Crippen LogP contribution in [0.5, 0.6) is 0 Å². The molecule has 1 aliphatic rings. The lowest BCUT2D eigenvalue weighted by Gasteiger charge is -2.24. The van der Waals surface area contributed by atoms with Crippen molar-refractivity contribution in [1.29, 1.82) is 0 Å². The van der Waals surface area contributed by atoms with Crippen molar-refractivity contribution in [3.8, 4) is 0 Å². The monoisotopic (exact) mass is 498 g/mol. The van der Waals surface area contributed by atoms with Gasteiger partial charge in [-0.3, -0.25) is 19.6 Å². The minimum Gasteiger partial charge on any atom is -0.443 e. The summed E-state index contributed by atoms with van der Waals surface area (Å²) in [5, 5.41) is 11.5. The van der Waals surface area contributed by atoms with Crippen LogP contribution in [0.15, 0.2) is 48.7 Å². The van der Waals surface area contributed by atoms with Crippen LogP contribution < -0.4 is 10.6 Å². The molecule has 4 rings (SSSR count). The SMILES string of the molecule is CC(C)(C)OC(=O)N1CCc2ccc(N)cc21.CC(C)(C)OC(=O)n1ccc2ccc([N+](=O)[O-])cc21.[HH]. The van der Waals surface area contributed by atoms with Gasteiger partial charge < -0.3 is 15.2 Å². The van der Waals surface area contributed by atoms with Gasteiger partial charge in [0.2, 0.25) is 0 Å². The summed E-state index contributed by atoms with van der Waals surface area (Å²) in [5.41, 5.74) is 7.74. The average molecular weight is 499 g/mol. The van der Waals surface area contributed by atoms with Crippen molar-refractivity contribution in [2.45, 2.75) is 59.2 Å². The summed E-state index contributed by atoms with van der Waals surface area (Å²) in [5.74, 6) is 0. The van der Waals surface area contributed by atoms with E-state index in [0.717, 1.165) is 23.1 Å². The molecular weight excluding hydrogens is 464 g/mol. The number of amides is 1. The fourth-order valence-corrected chi connectivity index (χ4v) is 3.60. The summed E-state index contributed by atoms with van der Waals surface area (Å²) in [6, 6.07) is 11.7. The number of anilines is 2. The maximum Gasteiger partial charge on any atom is 0.418 e. The van der Waals surface area contributed by atoms with Crippen molar-refractivity contribution in [2.75, 3.05) is 17.2 Å². The van der Waals surface area contributed by atoms with Gasteiger partial charge in [0.25, 0.3) is 5.69 Å². The molecule has 10 heteroatoms. The van der Waals surface area contributed by atoms with Crippen LogP contribution in [0.4, 0.5) is 26.7 Å². The molecule has 2 heterocycles. The summed E-state index contributed by atoms with van der Waals surface area (Å²) in [7, 11) is 0. The zero-order chi connectivity index (χ0) is 26.8. The van der Waals surface area contributed by atoms with Gasteiger partial charge >= 0.3 is 12.2 Å². The predicted molar refractivity (Wildman–Crippen MR) is 140 cm³/mol. The van der Waals surface area contributed by atoms with Crippen LogP contribution in [0.1, 0.15) is 48.5 Å². The third-order valence-electron chi connectivity index (χ3n) is 5.10. The molecular formula is C26H34N4O6.